The molecule has 0 aliphatic carbocycles. The van der Waals surface area contributed by atoms with E-state index in [0.29, 0.717) is 22.3 Å². The zero-order valence-corrected chi connectivity index (χ0v) is 18.7. The monoisotopic (exact) mass is 440 g/mol. The highest BCUT2D eigenvalue weighted by Crippen LogP contribution is 2.33. The normalized spacial score (nSPS) is 10.5. The standard InChI is InChI=1S/C23H24N2O5S/c1-5-16-9-6-7-10-18(16)25(15(2)26)23-24-17(14-31-23)13-30-22(27)21-19(28-3)11-8-12-20(21)29-4/h6-12,14H,5,13H2,1-4H3. The lowest BCUT2D eigenvalue weighted by Crippen LogP contribution is -2.23. The van der Waals surface area contributed by atoms with Crippen LogP contribution in [-0.4, -0.2) is 31.1 Å². The first-order valence-corrected chi connectivity index (χ1v) is 10.6. The van der Waals surface area contributed by atoms with Crippen molar-refractivity contribution in [2.24, 2.45) is 0 Å². The number of nitrogens with zero attached hydrogens (tertiary/aromatic N) is 2. The van der Waals surface area contributed by atoms with Crippen LogP contribution in [0.1, 0.15) is 35.5 Å². The van der Waals surface area contributed by atoms with Gasteiger partial charge in [-0.15, -0.1) is 11.3 Å². The molecule has 162 valence electrons. The van der Waals surface area contributed by atoms with Crippen molar-refractivity contribution in [2.75, 3.05) is 19.1 Å². The molecule has 1 aromatic heterocycles. The Hall–Kier alpha value is -3.39. The van der Waals surface area contributed by atoms with E-state index < -0.39 is 5.97 Å². The third-order valence-electron chi connectivity index (χ3n) is 4.64. The fourth-order valence-electron chi connectivity index (χ4n) is 3.16. The van der Waals surface area contributed by atoms with Crippen molar-refractivity contribution in [1.29, 1.82) is 0 Å². The molecule has 8 heteroatoms. The van der Waals surface area contributed by atoms with Gasteiger partial charge in [0.05, 0.1) is 25.6 Å². The second-order valence-corrected chi connectivity index (χ2v) is 7.41. The van der Waals surface area contributed by atoms with Crippen molar-refractivity contribution in [2.45, 2.75) is 26.9 Å². The molecule has 0 atom stereocenters. The summed E-state index contributed by atoms with van der Waals surface area (Å²) in [5, 5.41) is 2.29. The van der Waals surface area contributed by atoms with Gasteiger partial charge >= 0.3 is 5.97 Å². The van der Waals surface area contributed by atoms with Crippen LogP contribution in [0, 0.1) is 0 Å². The molecule has 3 aromatic rings. The summed E-state index contributed by atoms with van der Waals surface area (Å²) in [5.41, 5.74) is 2.60. The topological polar surface area (TPSA) is 78.0 Å². The molecule has 0 aliphatic rings. The lowest BCUT2D eigenvalue weighted by molar-refractivity contribution is -0.115. The first-order chi connectivity index (χ1) is 15.0. The average molecular weight is 441 g/mol. The van der Waals surface area contributed by atoms with Gasteiger partial charge < -0.3 is 14.2 Å². The van der Waals surface area contributed by atoms with E-state index in [1.54, 1.807) is 28.5 Å². The third-order valence-corrected chi connectivity index (χ3v) is 5.52. The van der Waals surface area contributed by atoms with Crippen molar-refractivity contribution >= 4 is 34.0 Å². The summed E-state index contributed by atoms with van der Waals surface area (Å²) in [7, 11) is 2.95. The fourth-order valence-corrected chi connectivity index (χ4v) is 4.03. The third kappa shape index (κ3) is 4.86. The van der Waals surface area contributed by atoms with Gasteiger partial charge in [-0.1, -0.05) is 31.2 Å². The second-order valence-electron chi connectivity index (χ2n) is 6.57. The molecule has 0 bridgehead atoms. The number of anilines is 2. The Morgan fingerprint density at radius 3 is 2.32 bits per heavy atom. The number of carbonyl (C=O) groups is 2. The van der Waals surface area contributed by atoms with Crippen molar-refractivity contribution < 1.29 is 23.8 Å². The van der Waals surface area contributed by atoms with Crippen LogP contribution in [-0.2, 0) is 22.6 Å². The van der Waals surface area contributed by atoms with E-state index >= 15 is 0 Å². The Kier molecular flexibility index (Phi) is 7.25. The van der Waals surface area contributed by atoms with Gasteiger partial charge in [0.25, 0.3) is 0 Å². The lowest BCUT2D eigenvalue weighted by Gasteiger charge is -2.20. The zero-order valence-electron chi connectivity index (χ0n) is 17.9. The highest BCUT2D eigenvalue weighted by Gasteiger charge is 2.22. The maximum atomic E-state index is 12.7. The maximum absolute atomic E-state index is 12.7. The molecule has 0 fully saturated rings. The zero-order chi connectivity index (χ0) is 22.4. The smallest absolute Gasteiger partial charge is 0.346 e. The molecule has 1 heterocycles. The van der Waals surface area contributed by atoms with Crippen LogP contribution in [0.2, 0.25) is 0 Å². The van der Waals surface area contributed by atoms with E-state index in [1.165, 1.54) is 32.5 Å². The Labute approximate surface area is 185 Å². The van der Waals surface area contributed by atoms with Crippen LogP contribution in [0.5, 0.6) is 11.5 Å². The molecular formula is C23H24N2O5S. The minimum atomic E-state index is -0.580. The number of aromatic nitrogens is 1. The van der Waals surface area contributed by atoms with Gasteiger partial charge in [-0.2, -0.15) is 0 Å². The van der Waals surface area contributed by atoms with Gasteiger partial charge in [0.2, 0.25) is 5.91 Å². The number of thiazole rings is 1. The highest BCUT2D eigenvalue weighted by molar-refractivity contribution is 7.14. The maximum Gasteiger partial charge on any atom is 0.346 e. The second kappa shape index (κ2) is 10.1. The van der Waals surface area contributed by atoms with Crippen LogP contribution >= 0.6 is 11.3 Å². The largest absolute Gasteiger partial charge is 0.496 e. The number of para-hydroxylation sites is 1. The first kappa shape index (κ1) is 22.3. The molecule has 0 spiro atoms. The van der Waals surface area contributed by atoms with Gasteiger partial charge in [-0.3, -0.25) is 9.69 Å². The van der Waals surface area contributed by atoms with E-state index in [0.717, 1.165) is 17.7 Å². The molecule has 0 aliphatic heterocycles. The lowest BCUT2D eigenvalue weighted by atomic mass is 10.1. The molecule has 0 unspecified atom stereocenters. The minimum absolute atomic E-state index is 0.0439. The van der Waals surface area contributed by atoms with E-state index in [4.69, 9.17) is 14.2 Å². The predicted octanol–water partition coefficient (Wildman–Crippen LogP) is 4.76. The van der Waals surface area contributed by atoms with E-state index in [2.05, 4.69) is 4.98 Å². The number of hydrogen-bond donors (Lipinski definition) is 0. The van der Waals surface area contributed by atoms with Crippen LogP contribution < -0.4 is 14.4 Å². The number of ether oxygens (including phenoxy) is 3. The summed E-state index contributed by atoms with van der Waals surface area (Å²) < 4.78 is 16.0. The number of benzene rings is 2. The Bertz CT molecular complexity index is 1060. The van der Waals surface area contributed by atoms with Crippen LogP contribution in [0.15, 0.2) is 47.8 Å². The summed E-state index contributed by atoms with van der Waals surface area (Å²) >= 11 is 1.32. The highest BCUT2D eigenvalue weighted by atomic mass is 32.1. The van der Waals surface area contributed by atoms with Crippen LogP contribution in [0.4, 0.5) is 10.8 Å². The number of aryl methyl sites for hydroxylation is 1. The minimum Gasteiger partial charge on any atom is -0.496 e. The van der Waals surface area contributed by atoms with Gasteiger partial charge in [0.15, 0.2) is 5.13 Å². The molecule has 31 heavy (non-hydrogen) atoms. The number of methoxy groups -OCH3 is 2. The van der Waals surface area contributed by atoms with Gasteiger partial charge in [0.1, 0.15) is 23.7 Å². The first-order valence-electron chi connectivity index (χ1n) is 9.71. The number of rotatable bonds is 8. The quantitative estimate of drug-likeness (QED) is 0.470. The molecule has 0 radical (unpaired) electrons. The molecule has 2 aromatic carbocycles. The molecule has 0 N–H and O–H groups in total. The Morgan fingerprint density at radius 1 is 1.03 bits per heavy atom. The van der Waals surface area contributed by atoms with Crippen LogP contribution in [0.25, 0.3) is 0 Å². The molecule has 7 nitrogen and oxygen atoms in total. The molecular weight excluding hydrogens is 416 g/mol. The number of amides is 1. The molecule has 3 rings (SSSR count). The predicted molar refractivity (Wildman–Crippen MR) is 119 cm³/mol. The van der Waals surface area contributed by atoms with Gasteiger partial charge in [-0.25, -0.2) is 9.78 Å². The summed E-state index contributed by atoms with van der Waals surface area (Å²) in [5.74, 6) is 0.00523. The molecule has 0 saturated heterocycles. The van der Waals surface area contributed by atoms with Crippen molar-refractivity contribution in [3.05, 3.63) is 64.7 Å². The average Bonchev–Trinajstić information content (AvgIpc) is 3.25. The van der Waals surface area contributed by atoms with E-state index in [9.17, 15) is 9.59 Å². The van der Waals surface area contributed by atoms with Crippen molar-refractivity contribution in [1.82, 2.24) is 4.98 Å². The van der Waals surface area contributed by atoms with E-state index in [1.807, 2.05) is 31.2 Å². The fraction of sp³-hybridized carbons (Fsp3) is 0.261. The Balaban J connectivity index is 1.80. The summed E-state index contributed by atoms with van der Waals surface area (Å²) in [6.45, 7) is 3.50. The number of hydrogen-bond acceptors (Lipinski definition) is 7. The summed E-state index contributed by atoms with van der Waals surface area (Å²) in [4.78, 5) is 31.2. The SMILES string of the molecule is CCc1ccccc1N(C(C)=O)c1nc(COC(=O)c2c(OC)cccc2OC)cs1. The summed E-state index contributed by atoms with van der Waals surface area (Å²) in [6, 6.07) is 12.8. The molecule has 1 amide bonds. The Morgan fingerprint density at radius 2 is 1.71 bits per heavy atom. The van der Waals surface area contributed by atoms with Crippen molar-refractivity contribution in [3.63, 3.8) is 0 Å². The number of carbonyl (C=O) groups excluding carboxylic acids is 2. The summed E-state index contributed by atoms with van der Waals surface area (Å²) in [6.07, 6.45) is 0.788. The van der Waals surface area contributed by atoms with Gasteiger partial charge in [-0.05, 0) is 30.2 Å². The van der Waals surface area contributed by atoms with E-state index in [-0.39, 0.29) is 18.1 Å². The van der Waals surface area contributed by atoms with Gasteiger partial charge in [0, 0.05) is 12.3 Å². The van der Waals surface area contributed by atoms with Crippen LogP contribution in [0.3, 0.4) is 0 Å². The molecule has 0 saturated carbocycles. The number of esters is 1. The van der Waals surface area contributed by atoms with Crippen molar-refractivity contribution in [3.8, 4) is 11.5 Å².